The molecular weight excluding hydrogens is 296 g/mol. The van der Waals surface area contributed by atoms with Crippen molar-refractivity contribution in [2.75, 3.05) is 13.3 Å². The maximum absolute atomic E-state index is 12.2. The van der Waals surface area contributed by atoms with E-state index in [1.165, 1.54) is 0 Å². The number of rotatable bonds is 6. The van der Waals surface area contributed by atoms with Crippen LogP contribution in [0.25, 0.3) is 0 Å². The van der Waals surface area contributed by atoms with Crippen molar-refractivity contribution in [3.8, 4) is 11.8 Å². The molecule has 1 fully saturated rings. The van der Waals surface area contributed by atoms with E-state index < -0.39 is 12.8 Å². The van der Waals surface area contributed by atoms with Crippen LogP contribution >= 0.6 is 0 Å². The zero-order valence-electron chi connectivity index (χ0n) is 13.1. The molecular formula is C17H22FN3O2. The predicted octanol–water partition coefficient (Wildman–Crippen LogP) is 2.52. The number of halogens is 1. The SMILES string of the molecule is O=C(NCc1cn(CC[18F])cn1)OCC1C2CCC#CCCC21. The van der Waals surface area contributed by atoms with Crippen LogP contribution < -0.4 is 5.32 Å². The van der Waals surface area contributed by atoms with Crippen molar-refractivity contribution in [2.45, 2.75) is 38.8 Å². The number of nitrogens with one attached hydrogen (secondary N) is 1. The van der Waals surface area contributed by atoms with E-state index in [0.29, 0.717) is 36.6 Å². The maximum Gasteiger partial charge on any atom is 0.407 e. The molecule has 23 heavy (non-hydrogen) atoms. The Bertz CT molecular complexity index is 586. The van der Waals surface area contributed by atoms with Gasteiger partial charge in [-0.15, -0.1) is 11.8 Å². The van der Waals surface area contributed by atoms with Crippen LogP contribution in [0.1, 0.15) is 31.4 Å². The second-order valence-corrected chi connectivity index (χ2v) is 6.17. The smallest absolute Gasteiger partial charge is 0.407 e. The first-order valence-electron chi connectivity index (χ1n) is 8.21. The van der Waals surface area contributed by atoms with E-state index >= 15 is 0 Å². The molecule has 0 radical (unpaired) electrons. The van der Waals surface area contributed by atoms with Crippen molar-refractivity contribution in [2.24, 2.45) is 17.8 Å². The number of imidazole rings is 1. The van der Waals surface area contributed by atoms with Crippen molar-refractivity contribution in [1.29, 1.82) is 0 Å². The predicted molar refractivity (Wildman–Crippen MR) is 83.1 cm³/mol. The van der Waals surface area contributed by atoms with E-state index in [1.54, 1.807) is 17.1 Å². The highest BCUT2D eigenvalue weighted by atomic mass is 18.2. The minimum Gasteiger partial charge on any atom is -0.449 e. The number of alkyl carbamates (subject to hydrolysis) is 1. The van der Waals surface area contributed by atoms with Gasteiger partial charge in [0.05, 0.1) is 31.7 Å². The normalized spacial score (nSPS) is 25.3. The lowest BCUT2D eigenvalue weighted by Gasteiger charge is -2.05. The van der Waals surface area contributed by atoms with Gasteiger partial charge in [0.15, 0.2) is 0 Å². The summed E-state index contributed by atoms with van der Waals surface area (Å²) in [6.45, 7) is 0.632. The summed E-state index contributed by atoms with van der Waals surface area (Å²) < 4.78 is 19.2. The van der Waals surface area contributed by atoms with Gasteiger partial charge >= 0.3 is 6.09 Å². The third-order valence-electron chi connectivity index (χ3n) is 4.69. The zero-order chi connectivity index (χ0) is 16.1. The van der Waals surface area contributed by atoms with Gasteiger partial charge in [-0.25, -0.2) is 14.2 Å². The summed E-state index contributed by atoms with van der Waals surface area (Å²) in [6, 6.07) is 0. The second kappa shape index (κ2) is 7.49. The highest BCUT2D eigenvalue weighted by molar-refractivity contribution is 5.67. The number of carbonyl (C=O) groups excluding carboxylic acids is 1. The van der Waals surface area contributed by atoms with Crippen LogP contribution in [0.2, 0.25) is 0 Å². The molecule has 1 aromatic heterocycles. The molecule has 0 bridgehead atoms. The summed E-state index contributed by atoms with van der Waals surface area (Å²) in [7, 11) is 0. The molecule has 0 spiro atoms. The van der Waals surface area contributed by atoms with Crippen molar-refractivity contribution in [3.63, 3.8) is 0 Å². The van der Waals surface area contributed by atoms with Crippen molar-refractivity contribution >= 4 is 6.09 Å². The largest absolute Gasteiger partial charge is 0.449 e. The molecule has 1 amide bonds. The van der Waals surface area contributed by atoms with E-state index in [-0.39, 0.29) is 6.54 Å². The molecule has 2 atom stereocenters. The number of aromatic nitrogens is 2. The Morgan fingerprint density at radius 1 is 1.39 bits per heavy atom. The van der Waals surface area contributed by atoms with Crippen molar-refractivity contribution in [3.05, 3.63) is 18.2 Å². The maximum atomic E-state index is 12.2. The van der Waals surface area contributed by atoms with Gasteiger partial charge in [-0.3, -0.25) is 0 Å². The van der Waals surface area contributed by atoms with Crippen LogP contribution in [0.15, 0.2) is 12.5 Å². The molecule has 1 N–H and O–H groups in total. The molecule has 124 valence electrons. The van der Waals surface area contributed by atoms with Gasteiger partial charge in [0, 0.05) is 19.0 Å². The van der Waals surface area contributed by atoms with Gasteiger partial charge in [0.1, 0.15) is 6.67 Å². The van der Waals surface area contributed by atoms with E-state index in [0.717, 1.165) is 25.7 Å². The lowest BCUT2D eigenvalue weighted by molar-refractivity contribution is 0.137. The molecule has 1 aromatic rings. The minimum absolute atomic E-state index is 0.283. The first-order chi connectivity index (χ1) is 11.3. The van der Waals surface area contributed by atoms with Crippen LogP contribution in [-0.2, 0) is 17.8 Å². The summed E-state index contributed by atoms with van der Waals surface area (Å²) in [5, 5.41) is 2.69. The van der Waals surface area contributed by atoms with Crippen LogP contribution in [0, 0.1) is 29.6 Å². The van der Waals surface area contributed by atoms with Gasteiger partial charge in [0.25, 0.3) is 0 Å². The van der Waals surface area contributed by atoms with Gasteiger partial charge in [-0.05, 0) is 30.6 Å². The number of hydrogen-bond donors (Lipinski definition) is 1. The lowest BCUT2D eigenvalue weighted by atomic mass is 10.1. The fourth-order valence-corrected chi connectivity index (χ4v) is 3.39. The molecule has 3 rings (SSSR count). The molecule has 0 aliphatic heterocycles. The monoisotopic (exact) mass is 318 g/mol. The standard InChI is InChI=1S/C17H22FN3O2/c18-7-8-21-10-13(20-12-21)9-19-17(22)23-11-16-14-5-3-1-2-4-6-15(14)16/h10,12,14-16H,3-9,11H2,(H,19,22)/i18-1. The summed E-state index contributed by atoms with van der Waals surface area (Å²) in [5.74, 6) is 8.19. The van der Waals surface area contributed by atoms with Crippen LogP contribution in [0.3, 0.4) is 0 Å². The second-order valence-electron chi connectivity index (χ2n) is 6.17. The summed E-state index contributed by atoms with van der Waals surface area (Å²) in [4.78, 5) is 15.9. The van der Waals surface area contributed by atoms with Crippen LogP contribution in [0.4, 0.5) is 9.18 Å². The Morgan fingerprint density at radius 3 is 2.83 bits per heavy atom. The topological polar surface area (TPSA) is 56.2 Å². The lowest BCUT2D eigenvalue weighted by Crippen LogP contribution is -2.25. The fraction of sp³-hybridized carbons (Fsp3) is 0.647. The number of carbonyl (C=O) groups is 1. The zero-order valence-corrected chi connectivity index (χ0v) is 13.1. The highest BCUT2D eigenvalue weighted by Crippen LogP contribution is 2.52. The Hall–Kier alpha value is -2.03. The molecule has 1 heterocycles. The number of alkyl halides is 1. The summed E-state index contributed by atoms with van der Waals surface area (Å²) >= 11 is 0. The average Bonchev–Trinajstić information content (AvgIpc) is 2.94. The number of ether oxygens (including phenoxy) is 1. The minimum atomic E-state index is -0.431. The van der Waals surface area contributed by atoms with E-state index in [9.17, 15) is 9.18 Å². The van der Waals surface area contributed by atoms with E-state index in [4.69, 9.17) is 4.74 Å². The Morgan fingerprint density at radius 2 is 2.13 bits per heavy atom. The van der Waals surface area contributed by atoms with Crippen LogP contribution in [-0.4, -0.2) is 28.9 Å². The molecule has 5 nitrogen and oxygen atoms in total. The van der Waals surface area contributed by atoms with Gasteiger partial charge < -0.3 is 14.6 Å². The molecule has 2 unspecified atom stereocenters. The third-order valence-corrected chi connectivity index (χ3v) is 4.69. The Kier molecular flexibility index (Phi) is 5.16. The average molecular weight is 318 g/mol. The molecule has 2 aliphatic carbocycles. The van der Waals surface area contributed by atoms with Crippen molar-refractivity contribution < 1.29 is 13.9 Å². The number of aryl methyl sites for hydroxylation is 1. The number of fused-ring (bicyclic) bond motifs is 1. The Labute approximate surface area is 135 Å². The van der Waals surface area contributed by atoms with E-state index in [1.807, 2.05) is 0 Å². The van der Waals surface area contributed by atoms with Gasteiger partial charge in [-0.1, -0.05) is 0 Å². The summed E-state index contributed by atoms with van der Waals surface area (Å²) in [6.07, 6.45) is 7.04. The van der Waals surface area contributed by atoms with E-state index in [2.05, 4.69) is 22.1 Å². The Balaban J connectivity index is 1.35. The molecule has 0 saturated heterocycles. The first kappa shape index (κ1) is 15.9. The fourth-order valence-electron chi connectivity index (χ4n) is 3.39. The first-order valence-corrected chi connectivity index (χ1v) is 8.21. The number of hydrogen-bond acceptors (Lipinski definition) is 3. The number of nitrogens with zero attached hydrogens (tertiary/aromatic N) is 2. The van der Waals surface area contributed by atoms with Crippen molar-refractivity contribution in [1.82, 2.24) is 14.9 Å². The molecule has 0 aromatic carbocycles. The van der Waals surface area contributed by atoms with Crippen LogP contribution in [0.5, 0.6) is 0 Å². The third kappa shape index (κ3) is 4.25. The molecule has 2 aliphatic rings. The van der Waals surface area contributed by atoms with Gasteiger partial charge in [-0.2, -0.15) is 0 Å². The highest BCUT2D eigenvalue weighted by Gasteiger charge is 2.49. The summed E-state index contributed by atoms with van der Waals surface area (Å²) in [5.41, 5.74) is 0.695. The molecule has 6 heteroatoms. The quantitative estimate of drug-likeness (QED) is 0.820. The molecule has 1 saturated carbocycles. The number of amides is 1. The van der Waals surface area contributed by atoms with Gasteiger partial charge in [0.2, 0.25) is 0 Å².